The molecule has 3 rings (SSSR count). The molecule has 0 aliphatic carbocycles. The molecule has 162 valence electrons. The highest BCUT2D eigenvalue weighted by atomic mass is 35.5. The van der Waals surface area contributed by atoms with E-state index in [1.54, 1.807) is 38.1 Å². The fourth-order valence-corrected chi connectivity index (χ4v) is 3.46. The minimum absolute atomic E-state index is 0.0585. The molecule has 0 radical (unpaired) electrons. The van der Waals surface area contributed by atoms with Crippen molar-refractivity contribution in [3.05, 3.63) is 81.9 Å². The van der Waals surface area contributed by atoms with Crippen molar-refractivity contribution in [3.8, 4) is 0 Å². The molecular formula is C23H24ClFN4O2. The van der Waals surface area contributed by atoms with Crippen molar-refractivity contribution >= 4 is 29.1 Å². The predicted octanol–water partition coefficient (Wildman–Crippen LogP) is 4.87. The van der Waals surface area contributed by atoms with E-state index in [-0.39, 0.29) is 28.8 Å². The molecule has 1 atom stereocenters. The molecule has 2 N–H and O–H groups in total. The van der Waals surface area contributed by atoms with Gasteiger partial charge in [-0.15, -0.1) is 0 Å². The van der Waals surface area contributed by atoms with E-state index in [4.69, 9.17) is 11.6 Å². The van der Waals surface area contributed by atoms with Crippen LogP contribution >= 0.6 is 11.6 Å². The first-order valence-electron chi connectivity index (χ1n) is 9.96. The van der Waals surface area contributed by atoms with Gasteiger partial charge >= 0.3 is 0 Å². The van der Waals surface area contributed by atoms with Crippen LogP contribution in [-0.4, -0.2) is 21.6 Å². The van der Waals surface area contributed by atoms with Gasteiger partial charge in [-0.1, -0.05) is 42.8 Å². The van der Waals surface area contributed by atoms with Gasteiger partial charge in [0.1, 0.15) is 11.0 Å². The second-order valence-corrected chi connectivity index (χ2v) is 7.61. The Morgan fingerprint density at radius 1 is 1.13 bits per heavy atom. The number of nitrogens with one attached hydrogen (secondary N) is 2. The minimum Gasteiger partial charge on any atom is -0.345 e. The topological polar surface area (TPSA) is 76.0 Å². The fraction of sp³-hybridized carbons (Fsp3) is 0.261. The van der Waals surface area contributed by atoms with Crippen molar-refractivity contribution in [2.75, 3.05) is 5.32 Å². The molecule has 0 aliphatic rings. The van der Waals surface area contributed by atoms with Crippen molar-refractivity contribution in [1.82, 2.24) is 15.1 Å². The highest BCUT2D eigenvalue weighted by Crippen LogP contribution is 2.23. The summed E-state index contributed by atoms with van der Waals surface area (Å²) < 4.78 is 14.6. The first kappa shape index (κ1) is 22.5. The minimum atomic E-state index is -0.330. The summed E-state index contributed by atoms with van der Waals surface area (Å²) in [6.07, 6.45) is 0.406. The molecule has 1 aromatic heterocycles. The van der Waals surface area contributed by atoms with Crippen LogP contribution in [-0.2, 0) is 11.3 Å². The van der Waals surface area contributed by atoms with Gasteiger partial charge in [0.2, 0.25) is 5.91 Å². The van der Waals surface area contributed by atoms with Crippen LogP contribution in [0.5, 0.6) is 0 Å². The average Bonchev–Trinajstić information content (AvgIpc) is 3.03. The van der Waals surface area contributed by atoms with Gasteiger partial charge in [0.05, 0.1) is 23.8 Å². The molecule has 2 aromatic carbocycles. The van der Waals surface area contributed by atoms with E-state index in [1.807, 2.05) is 19.1 Å². The molecule has 1 heterocycles. The number of carbonyl (C=O) groups is 2. The van der Waals surface area contributed by atoms with Crippen LogP contribution in [0.25, 0.3) is 0 Å². The third-order valence-electron chi connectivity index (χ3n) is 4.90. The molecule has 0 aliphatic heterocycles. The van der Waals surface area contributed by atoms with Crippen LogP contribution in [0.15, 0.2) is 48.5 Å². The number of amides is 2. The maximum atomic E-state index is 13.1. The number of halogens is 2. The van der Waals surface area contributed by atoms with E-state index in [0.29, 0.717) is 29.9 Å². The van der Waals surface area contributed by atoms with E-state index < -0.39 is 0 Å². The summed E-state index contributed by atoms with van der Waals surface area (Å²) in [5.41, 5.74) is 3.23. The fourth-order valence-electron chi connectivity index (χ4n) is 3.14. The quantitative estimate of drug-likeness (QED) is 0.548. The number of hydrogen-bond donors (Lipinski definition) is 2. The first-order valence-corrected chi connectivity index (χ1v) is 10.3. The largest absolute Gasteiger partial charge is 0.345 e. The molecule has 2 amide bonds. The second-order valence-electron chi connectivity index (χ2n) is 7.25. The maximum Gasteiger partial charge on any atom is 0.256 e. The predicted molar refractivity (Wildman–Crippen MR) is 119 cm³/mol. The van der Waals surface area contributed by atoms with E-state index in [1.165, 1.54) is 16.8 Å². The lowest BCUT2D eigenvalue weighted by molar-refractivity contribution is -0.115. The Kier molecular flexibility index (Phi) is 7.07. The van der Waals surface area contributed by atoms with Crippen molar-refractivity contribution in [2.24, 2.45) is 0 Å². The third kappa shape index (κ3) is 5.49. The van der Waals surface area contributed by atoms with Crippen molar-refractivity contribution in [1.29, 1.82) is 0 Å². The van der Waals surface area contributed by atoms with E-state index in [9.17, 15) is 14.0 Å². The summed E-state index contributed by atoms with van der Waals surface area (Å²) in [4.78, 5) is 24.4. The van der Waals surface area contributed by atoms with Gasteiger partial charge in [-0.2, -0.15) is 5.10 Å². The summed E-state index contributed by atoms with van der Waals surface area (Å²) in [6.45, 7) is 5.70. The zero-order valence-corrected chi connectivity index (χ0v) is 18.3. The molecule has 31 heavy (non-hydrogen) atoms. The zero-order valence-electron chi connectivity index (χ0n) is 17.6. The number of rotatable bonds is 7. The smallest absolute Gasteiger partial charge is 0.256 e. The Balaban J connectivity index is 1.70. The Bertz CT molecular complexity index is 1080. The first-order chi connectivity index (χ1) is 14.8. The number of benzene rings is 2. The molecule has 0 saturated heterocycles. The lowest BCUT2D eigenvalue weighted by Gasteiger charge is -2.15. The number of carbonyl (C=O) groups excluding carboxylic acids is 2. The second kappa shape index (κ2) is 9.75. The number of aryl methyl sites for hydroxylation is 1. The zero-order chi connectivity index (χ0) is 22.5. The Labute approximate surface area is 185 Å². The van der Waals surface area contributed by atoms with Crippen LogP contribution < -0.4 is 10.6 Å². The third-order valence-corrected chi connectivity index (χ3v) is 5.29. The van der Waals surface area contributed by atoms with Crippen LogP contribution in [0, 0.1) is 12.7 Å². The SMILES string of the molecule is CCC(=O)Nc1ccc(C(C)NC(=O)c2c(C)nn(Cc3ccc(F)cc3)c2Cl)cc1. The summed E-state index contributed by atoms with van der Waals surface area (Å²) in [5.74, 6) is -0.707. The van der Waals surface area contributed by atoms with Crippen molar-refractivity contribution in [2.45, 2.75) is 39.8 Å². The van der Waals surface area contributed by atoms with Gasteiger partial charge in [0.15, 0.2) is 0 Å². The van der Waals surface area contributed by atoms with Crippen LogP contribution in [0.3, 0.4) is 0 Å². The average molecular weight is 443 g/mol. The Hall–Kier alpha value is -3.19. The number of hydrogen-bond acceptors (Lipinski definition) is 3. The lowest BCUT2D eigenvalue weighted by Crippen LogP contribution is -2.27. The molecule has 0 bridgehead atoms. The van der Waals surface area contributed by atoms with Gasteiger partial charge in [0.25, 0.3) is 5.91 Å². The van der Waals surface area contributed by atoms with Gasteiger partial charge in [0, 0.05) is 12.1 Å². The molecular weight excluding hydrogens is 419 g/mol. The number of anilines is 1. The van der Waals surface area contributed by atoms with Gasteiger partial charge in [-0.3, -0.25) is 9.59 Å². The monoisotopic (exact) mass is 442 g/mol. The summed E-state index contributed by atoms with van der Waals surface area (Å²) in [5, 5.41) is 10.3. The lowest BCUT2D eigenvalue weighted by atomic mass is 10.1. The van der Waals surface area contributed by atoms with Gasteiger partial charge < -0.3 is 10.6 Å². The molecule has 0 saturated carbocycles. The highest BCUT2D eigenvalue weighted by molar-refractivity contribution is 6.33. The molecule has 0 spiro atoms. The maximum absolute atomic E-state index is 13.1. The van der Waals surface area contributed by atoms with Crippen LogP contribution in [0.4, 0.5) is 10.1 Å². The molecule has 3 aromatic rings. The Morgan fingerprint density at radius 2 is 1.77 bits per heavy atom. The molecule has 8 heteroatoms. The van der Waals surface area contributed by atoms with Gasteiger partial charge in [-0.25, -0.2) is 9.07 Å². The standard InChI is InChI=1S/C23H24ClFN4O2/c1-4-20(30)27-19-11-7-17(8-12-19)14(2)26-23(31)21-15(3)28-29(22(21)24)13-16-5-9-18(25)10-6-16/h5-12,14H,4,13H2,1-3H3,(H,26,31)(H,27,30). The van der Waals surface area contributed by atoms with Crippen molar-refractivity contribution in [3.63, 3.8) is 0 Å². The molecule has 6 nitrogen and oxygen atoms in total. The van der Waals surface area contributed by atoms with Crippen LogP contribution in [0.1, 0.15) is 53.5 Å². The number of nitrogens with zero attached hydrogens (tertiary/aromatic N) is 2. The summed E-state index contributed by atoms with van der Waals surface area (Å²) in [7, 11) is 0. The van der Waals surface area contributed by atoms with E-state index >= 15 is 0 Å². The Morgan fingerprint density at radius 3 is 2.39 bits per heavy atom. The molecule has 0 fully saturated rings. The summed E-state index contributed by atoms with van der Waals surface area (Å²) >= 11 is 6.44. The van der Waals surface area contributed by atoms with Gasteiger partial charge in [-0.05, 0) is 49.2 Å². The summed E-state index contributed by atoms with van der Waals surface area (Å²) in [6, 6.07) is 13.1. The van der Waals surface area contributed by atoms with Crippen LogP contribution in [0.2, 0.25) is 5.15 Å². The highest BCUT2D eigenvalue weighted by Gasteiger charge is 2.22. The van der Waals surface area contributed by atoms with E-state index in [0.717, 1.165) is 11.1 Å². The molecule has 1 unspecified atom stereocenters. The number of aromatic nitrogens is 2. The van der Waals surface area contributed by atoms with Crippen molar-refractivity contribution < 1.29 is 14.0 Å². The normalized spacial score (nSPS) is 11.8. The van der Waals surface area contributed by atoms with E-state index in [2.05, 4.69) is 15.7 Å².